The summed E-state index contributed by atoms with van der Waals surface area (Å²) in [5.74, 6) is -0.0301. The number of aliphatic hydroxyl groups is 1. The number of hydrogen-bond acceptors (Lipinski definition) is 4. The molecule has 0 bridgehead atoms. The summed E-state index contributed by atoms with van der Waals surface area (Å²) in [6.07, 6.45) is 0.107. The number of hydrogen-bond donors (Lipinski definition) is 3. The molecule has 2 heterocycles. The number of nitrogens with one attached hydrogen (secondary N) is 2. The van der Waals surface area contributed by atoms with Crippen molar-refractivity contribution >= 4 is 17.2 Å². The lowest BCUT2D eigenvalue weighted by atomic mass is 10.1. The second kappa shape index (κ2) is 4.95. The van der Waals surface area contributed by atoms with Crippen LogP contribution in [0.1, 0.15) is 24.3 Å². The number of β-amino-alcohol motifs (C(OH)–C–C–N with tert-alkyl or cyclic N) is 1. The Hall–Kier alpha value is -0.910. The van der Waals surface area contributed by atoms with Crippen LogP contribution in [-0.4, -0.2) is 29.7 Å². The van der Waals surface area contributed by atoms with Crippen molar-refractivity contribution in [2.75, 3.05) is 6.54 Å². The first-order chi connectivity index (χ1) is 7.66. The van der Waals surface area contributed by atoms with Gasteiger partial charge in [-0.15, -0.1) is 11.3 Å². The lowest BCUT2D eigenvalue weighted by Gasteiger charge is -2.15. The van der Waals surface area contributed by atoms with Gasteiger partial charge >= 0.3 is 0 Å². The SMILES string of the molecule is C[C@@H](NC(=O)C1CC(O)CN1)c1cccs1. The molecule has 0 saturated carbocycles. The minimum absolute atomic E-state index is 0.0301. The van der Waals surface area contributed by atoms with Gasteiger partial charge in [-0.05, 0) is 24.8 Å². The number of amides is 1. The van der Waals surface area contributed by atoms with E-state index < -0.39 is 6.10 Å². The summed E-state index contributed by atoms with van der Waals surface area (Å²) in [4.78, 5) is 13.0. The molecule has 1 fully saturated rings. The van der Waals surface area contributed by atoms with Gasteiger partial charge in [0.2, 0.25) is 5.91 Å². The number of thiophene rings is 1. The molecule has 0 aliphatic carbocycles. The van der Waals surface area contributed by atoms with E-state index >= 15 is 0 Å². The van der Waals surface area contributed by atoms with Crippen molar-refractivity contribution in [2.24, 2.45) is 0 Å². The third-order valence-electron chi connectivity index (χ3n) is 2.75. The zero-order valence-electron chi connectivity index (χ0n) is 9.14. The van der Waals surface area contributed by atoms with Crippen LogP contribution in [0.3, 0.4) is 0 Å². The fourth-order valence-electron chi connectivity index (χ4n) is 1.84. The molecule has 1 amide bonds. The summed E-state index contributed by atoms with van der Waals surface area (Å²) in [5.41, 5.74) is 0. The first kappa shape index (κ1) is 11.6. The molecule has 1 saturated heterocycles. The van der Waals surface area contributed by atoms with E-state index in [1.54, 1.807) is 11.3 Å². The molecule has 0 spiro atoms. The van der Waals surface area contributed by atoms with Gasteiger partial charge in [0.25, 0.3) is 0 Å². The molecular weight excluding hydrogens is 224 g/mol. The minimum atomic E-state index is -0.396. The van der Waals surface area contributed by atoms with Crippen LogP contribution in [-0.2, 0) is 4.79 Å². The van der Waals surface area contributed by atoms with Crippen molar-refractivity contribution in [3.8, 4) is 0 Å². The molecule has 1 aromatic heterocycles. The molecule has 2 rings (SSSR count). The van der Waals surface area contributed by atoms with E-state index in [0.717, 1.165) is 4.88 Å². The quantitative estimate of drug-likeness (QED) is 0.727. The van der Waals surface area contributed by atoms with E-state index in [0.29, 0.717) is 13.0 Å². The van der Waals surface area contributed by atoms with Crippen LogP contribution in [0, 0.1) is 0 Å². The molecule has 16 heavy (non-hydrogen) atoms. The van der Waals surface area contributed by atoms with Gasteiger partial charge in [0, 0.05) is 11.4 Å². The normalized spacial score (nSPS) is 26.6. The topological polar surface area (TPSA) is 61.4 Å². The van der Waals surface area contributed by atoms with Gasteiger partial charge in [0.1, 0.15) is 0 Å². The Morgan fingerprint density at radius 2 is 2.56 bits per heavy atom. The van der Waals surface area contributed by atoms with Gasteiger partial charge in [-0.3, -0.25) is 4.79 Å². The van der Waals surface area contributed by atoms with Gasteiger partial charge in [-0.1, -0.05) is 6.07 Å². The molecule has 5 heteroatoms. The average Bonchev–Trinajstić information content (AvgIpc) is 2.87. The summed E-state index contributed by atoms with van der Waals surface area (Å²) >= 11 is 1.63. The highest BCUT2D eigenvalue weighted by atomic mass is 32.1. The number of carbonyl (C=O) groups is 1. The standard InChI is InChI=1S/C11H16N2O2S/c1-7(10-3-2-4-16-10)13-11(15)9-5-8(14)6-12-9/h2-4,7-9,12,14H,5-6H2,1H3,(H,13,15)/t7-,8?,9?/m1/s1. The maximum Gasteiger partial charge on any atom is 0.237 e. The van der Waals surface area contributed by atoms with Gasteiger partial charge in [0.15, 0.2) is 0 Å². The smallest absolute Gasteiger partial charge is 0.237 e. The van der Waals surface area contributed by atoms with Crippen LogP contribution in [0.4, 0.5) is 0 Å². The van der Waals surface area contributed by atoms with Gasteiger partial charge < -0.3 is 15.7 Å². The minimum Gasteiger partial charge on any atom is -0.392 e. The molecule has 3 N–H and O–H groups in total. The third-order valence-corrected chi connectivity index (χ3v) is 3.81. The van der Waals surface area contributed by atoms with Crippen LogP contribution in [0.2, 0.25) is 0 Å². The Balaban J connectivity index is 1.88. The molecule has 1 aliphatic heterocycles. The van der Waals surface area contributed by atoms with Crippen LogP contribution < -0.4 is 10.6 Å². The van der Waals surface area contributed by atoms with E-state index in [1.807, 2.05) is 24.4 Å². The maximum absolute atomic E-state index is 11.8. The fraction of sp³-hybridized carbons (Fsp3) is 0.545. The van der Waals surface area contributed by atoms with E-state index in [-0.39, 0.29) is 18.0 Å². The molecule has 3 atom stereocenters. The highest BCUT2D eigenvalue weighted by Crippen LogP contribution is 2.18. The zero-order valence-corrected chi connectivity index (χ0v) is 9.96. The Kier molecular flexibility index (Phi) is 3.58. The second-order valence-corrected chi connectivity index (χ2v) is 5.08. The van der Waals surface area contributed by atoms with Crippen molar-refractivity contribution in [3.63, 3.8) is 0 Å². The first-order valence-electron chi connectivity index (χ1n) is 5.42. The lowest BCUT2D eigenvalue weighted by molar-refractivity contribution is -0.123. The van der Waals surface area contributed by atoms with Gasteiger partial charge in [0.05, 0.1) is 18.2 Å². The summed E-state index contributed by atoms with van der Waals surface area (Å²) in [6.45, 7) is 2.47. The van der Waals surface area contributed by atoms with E-state index in [1.165, 1.54) is 0 Å². The monoisotopic (exact) mass is 240 g/mol. The lowest BCUT2D eigenvalue weighted by Crippen LogP contribution is -2.41. The van der Waals surface area contributed by atoms with Gasteiger partial charge in [-0.2, -0.15) is 0 Å². The highest BCUT2D eigenvalue weighted by Gasteiger charge is 2.28. The molecule has 0 aromatic carbocycles. The predicted molar refractivity (Wildman–Crippen MR) is 63.3 cm³/mol. The van der Waals surface area contributed by atoms with E-state index in [9.17, 15) is 9.90 Å². The molecule has 1 aromatic rings. The molecule has 4 nitrogen and oxygen atoms in total. The molecule has 1 aliphatic rings. The largest absolute Gasteiger partial charge is 0.392 e. The molecular formula is C11H16N2O2S. The maximum atomic E-state index is 11.8. The summed E-state index contributed by atoms with van der Waals surface area (Å²) in [7, 11) is 0. The van der Waals surface area contributed by atoms with E-state index in [2.05, 4.69) is 10.6 Å². The Morgan fingerprint density at radius 3 is 3.12 bits per heavy atom. The first-order valence-corrected chi connectivity index (χ1v) is 6.30. The van der Waals surface area contributed by atoms with Gasteiger partial charge in [-0.25, -0.2) is 0 Å². The zero-order chi connectivity index (χ0) is 11.5. The highest BCUT2D eigenvalue weighted by molar-refractivity contribution is 7.10. The van der Waals surface area contributed by atoms with Crippen LogP contribution >= 0.6 is 11.3 Å². The van der Waals surface area contributed by atoms with Crippen LogP contribution in [0.25, 0.3) is 0 Å². The molecule has 88 valence electrons. The third kappa shape index (κ3) is 2.61. The Bertz CT molecular complexity index is 353. The van der Waals surface area contributed by atoms with Crippen LogP contribution in [0.15, 0.2) is 17.5 Å². The number of rotatable bonds is 3. The Morgan fingerprint density at radius 1 is 1.75 bits per heavy atom. The number of aliphatic hydroxyl groups excluding tert-OH is 1. The fourth-order valence-corrected chi connectivity index (χ4v) is 2.57. The summed E-state index contributed by atoms with van der Waals surface area (Å²) < 4.78 is 0. The Labute approximate surface area is 98.7 Å². The number of carbonyl (C=O) groups excluding carboxylic acids is 1. The van der Waals surface area contributed by atoms with Crippen molar-refractivity contribution in [1.82, 2.24) is 10.6 Å². The second-order valence-electron chi connectivity index (χ2n) is 4.10. The van der Waals surface area contributed by atoms with Crippen LogP contribution in [0.5, 0.6) is 0 Å². The molecule has 2 unspecified atom stereocenters. The predicted octanol–water partition coefficient (Wildman–Crippen LogP) is 0.648. The van der Waals surface area contributed by atoms with Crippen molar-refractivity contribution in [1.29, 1.82) is 0 Å². The summed E-state index contributed by atoms with van der Waals surface area (Å²) in [6, 6.07) is 3.76. The van der Waals surface area contributed by atoms with E-state index in [4.69, 9.17) is 0 Å². The summed E-state index contributed by atoms with van der Waals surface area (Å²) in [5, 5.41) is 17.3. The van der Waals surface area contributed by atoms with Crippen molar-refractivity contribution < 1.29 is 9.90 Å². The van der Waals surface area contributed by atoms with Crippen molar-refractivity contribution in [3.05, 3.63) is 22.4 Å². The van der Waals surface area contributed by atoms with Crippen molar-refractivity contribution in [2.45, 2.75) is 31.5 Å². The molecule has 0 radical (unpaired) electrons. The average molecular weight is 240 g/mol.